The molecule has 1 saturated carbocycles. The van der Waals surface area contributed by atoms with Gasteiger partial charge in [-0.2, -0.15) is 0 Å². The van der Waals surface area contributed by atoms with Gasteiger partial charge in [-0.05, 0) is 18.9 Å². The molecule has 0 saturated heterocycles. The number of hydrogen-bond donors (Lipinski definition) is 2. The number of nitro groups is 1. The molecule has 1 amide bonds. The molecule has 1 aromatic carbocycles. The lowest BCUT2D eigenvalue weighted by molar-refractivity contribution is -0.384. The molecule has 0 bridgehead atoms. The van der Waals surface area contributed by atoms with Crippen LogP contribution in [-0.4, -0.2) is 23.0 Å². The number of carbonyl (C=O) groups is 1. The van der Waals surface area contributed by atoms with E-state index in [9.17, 15) is 14.9 Å². The average Bonchev–Trinajstić information content (AvgIpc) is 2.26. The Bertz CT molecular complexity index is 497. The Hall–Kier alpha value is -2.15. The molecule has 1 aliphatic rings. The zero-order valence-corrected chi connectivity index (χ0v) is 9.54. The molecule has 1 fully saturated rings. The number of carbonyl (C=O) groups excluding carboxylic acids is 1. The second-order valence-electron chi connectivity index (χ2n) is 4.27. The summed E-state index contributed by atoms with van der Waals surface area (Å²) in [5, 5.41) is 10.6. The normalized spacial score (nSPS) is 22.1. The maximum absolute atomic E-state index is 11.2. The highest BCUT2D eigenvalue weighted by Crippen LogP contribution is 2.29. The zero-order chi connectivity index (χ0) is 13.3. The largest absolute Gasteiger partial charge is 0.489 e. The number of benzene rings is 1. The summed E-state index contributed by atoms with van der Waals surface area (Å²) in [7, 11) is 0. The summed E-state index contributed by atoms with van der Waals surface area (Å²) < 4.78 is 5.54. The number of ether oxygens (including phenoxy) is 1. The van der Waals surface area contributed by atoms with Crippen molar-refractivity contribution >= 4 is 11.6 Å². The molecular formula is C11H13N3O4. The maximum atomic E-state index is 11.2. The lowest BCUT2D eigenvalue weighted by atomic mass is 9.90. The molecule has 96 valence electrons. The summed E-state index contributed by atoms with van der Waals surface area (Å²) in [4.78, 5) is 21.3. The highest BCUT2D eigenvalue weighted by Gasteiger charge is 2.29. The van der Waals surface area contributed by atoms with Crippen molar-refractivity contribution in [3.05, 3.63) is 33.9 Å². The highest BCUT2D eigenvalue weighted by molar-refractivity contribution is 5.96. The van der Waals surface area contributed by atoms with Gasteiger partial charge < -0.3 is 16.2 Å². The minimum atomic E-state index is -0.752. The van der Waals surface area contributed by atoms with E-state index in [-0.39, 0.29) is 29.1 Å². The minimum absolute atomic E-state index is 0.0182. The molecule has 0 aromatic heterocycles. The van der Waals surface area contributed by atoms with Crippen LogP contribution in [0.3, 0.4) is 0 Å². The van der Waals surface area contributed by atoms with Crippen molar-refractivity contribution in [2.45, 2.75) is 25.0 Å². The summed E-state index contributed by atoms with van der Waals surface area (Å²) >= 11 is 0. The van der Waals surface area contributed by atoms with Gasteiger partial charge in [0.2, 0.25) is 0 Å². The van der Waals surface area contributed by atoms with Crippen LogP contribution in [0.4, 0.5) is 5.69 Å². The van der Waals surface area contributed by atoms with Gasteiger partial charge in [-0.1, -0.05) is 0 Å². The summed E-state index contributed by atoms with van der Waals surface area (Å²) in [5.41, 5.74) is 10.6. The van der Waals surface area contributed by atoms with Crippen molar-refractivity contribution < 1.29 is 14.5 Å². The Kier molecular flexibility index (Phi) is 3.15. The second kappa shape index (κ2) is 4.61. The van der Waals surface area contributed by atoms with Gasteiger partial charge in [0.1, 0.15) is 11.9 Å². The molecule has 2 rings (SSSR count). The van der Waals surface area contributed by atoms with E-state index in [1.807, 2.05) is 0 Å². The summed E-state index contributed by atoms with van der Waals surface area (Å²) in [6, 6.07) is 3.91. The number of rotatable bonds is 4. The van der Waals surface area contributed by atoms with Gasteiger partial charge >= 0.3 is 0 Å². The van der Waals surface area contributed by atoms with Gasteiger partial charge in [0, 0.05) is 18.2 Å². The SMILES string of the molecule is NC(=O)c1cc([N+](=O)[O-])ccc1OC1CC(N)C1. The van der Waals surface area contributed by atoms with Crippen molar-refractivity contribution in [2.75, 3.05) is 0 Å². The summed E-state index contributed by atoms with van der Waals surface area (Å²) in [6.45, 7) is 0. The van der Waals surface area contributed by atoms with Crippen LogP contribution >= 0.6 is 0 Å². The molecule has 7 nitrogen and oxygen atoms in total. The number of hydrogen-bond acceptors (Lipinski definition) is 5. The molecule has 1 aliphatic carbocycles. The van der Waals surface area contributed by atoms with Crippen molar-refractivity contribution in [1.29, 1.82) is 0 Å². The molecule has 0 unspecified atom stereocenters. The monoisotopic (exact) mass is 251 g/mol. The molecule has 1 aromatic rings. The molecule has 0 spiro atoms. The summed E-state index contributed by atoms with van der Waals surface area (Å²) in [5.74, 6) is -0.484. The van der Waals surface area contributed by atoms with Gasteiger partial charge in [-0.25, -0.2) is 0 Å². The molecule has 0 aliphatic heterocycles. The predicted octanol–water partition coefficient (Wildman–Crippen LogP) is 0.562. The zero-order valence-electron chi connectivity index (χ0n) is 9.54. The number of primary amides is 1. The average molecular weight is 251 g/mol. The highest BCUT2D eigenvalue weighted by atomic mass is 16.6. The third-order valence-corrected chi connectivity index (χ3v) is 2.86. The van der Waals surface area contributed by atoms with Gasteiger partial charge in [-0.3, -0.25) is 14.9 Å². The van der Waals surface area contributed by atoms with E-state index in [2.05, 4.69) is 0 Å². The predicted molar refractivity (Wildman–Crippen MR) is 63.2 cm³/mol. The van der Waals surface area contributed by atoms with E-state index >= 15 is 0 Å². The van der Waals surface area contributed by atoms with Crippen LogP contribution in [0, 0.1) is 10.1 Å². The summed E-state index contributed by atoms with van der Waals surface area (Å²) in [6.07, 6.45) is 1.35. The first-order valence-corrected chi connectivity index (χ1v) is 5.48. The lowest BCUT2D eigenvalue weighted by Gasteiger charge is -2.32. The van der Waals surface area contributed by atoms with E-state index in [0.717, 1.165) is 6.07 Å². The third-order valence-electron chi connectivity index (χ3n) is 2.86. The molecule has 0 heterocycles. The van der Waals surface area contributed by atoms with Crippen LogP contribution < -0.4 is 16.2 Å². The molecule has 0 radical (unpaired) electrons. The third kappa shape index (κ3) is 2.40. The maximum Gasteiger partial charge on any atom is 0.270 e. The Morgan fingerprint density at radius 1 is 1.44 bits per heavy atom. The Balaban J connectivity index is 2.23. The van der Waals surface area contributed by atoms with E-state index < -0.39 is 10.8 Å². The van der Waals surface area contributed by atoms with Crippen LogP contribution in [0.2, 0.25) is 0 Å². The van der Waals surface area contributed by atoms with E-state index in [0.29, 0.717) is 12.8 Å². The van der Waals surface area contributed by atoms with E-state index in [1.54, 1.807) is 0 Å². The number of nitro benzene ring substituents is 1. The molecule has 4 N–H and O–H groups in total. The number of nitrogens with zero attached hydrogens (tertiary/aromatic N) is 1. The van der Waals surface area contributed by atoms with E-state index in [1.165, 1.54) is 12.1 Å². The Morgan fingerprint density at radius 3 is 2.61 bits per heavy atom. The number of amides is 1. The van der Waals surface area contributed by atoms with E-state index in [4.69, 9.17) is 16.2 Å². The first kappa shape index (κ1) is 12.3. The van der Waals surface area contributed by atoms with Crippen LogP contribution in [0.25, 0.3) is 0 Å². The van der Waals surface area contributed by atoms with Crippen LogP contribution in [-0.2, 0) is 0 Å². The molecule has 7 heteroatoms. The minimum Gasteiger partial charge on any atom is -0.489 e. The molecule has 0 atom stereocenters. The smallest absolute Gasteiger partial charge is 0.270 e. The lowest BCUT2D eigenvalue weighted by Crippen LogP contribution is -2.43. The van der Waals surface area contributed by atoms with Crippen LogP contribution in [0.5, 0.6) is 5.75 Å². The molecular weight excluding hydrogens is 238 g/mol. The van der Waals surface area contributed by atoms with Gasteiger partial charge in [0.25, 0.3) is 11.6 Å². The van der Waals surface area contributed by atoms with Gasteiger partial charge in [0.15, 0.2) is 0 Å². The van der Waals surface area contributed by atoms with Crippen LogP contribution in [0.1, 0.15) is 23.2 Å². The van der Waals surface area contributed by atoms with Gasteiger partial charge in [-0.15, -0.1) is 0 Å². The Morgan fingerprint density at radius 2 is 2.11 bits per heavy atom. The quantitative estimate of drug-likeness (QED) is 0.598. The Labute approximate surface area is 103 Å². The first-order valence-electron chi connectivity index (χ1n) is 5.48. The van der Waals surface area contributed by atoms with Crippen molar-refractivity contribution in [1.82, 2.24) is 0 Å². The fourth-order valence-electron chi connectivity index (χ4n) is 1.81. The van der Waals surface area contributed by atoms with Crippen molar-refractivity contribution in [3.63, 3.8) is 0 Å². The first-order chi connectivity index (χ1) is 8.47. The number of nitrogens with two attached hydrogens (primary N) is 2. The number of non-ortho nitro benzene ring substituents is 1. The fraction of sp³-hybridized carbons (Fsp3) is 0.364. The van der Waals surface area contributed by atoms with Gasteiger partial charge in [0.05, 0.1) is 10.5 Å². The fourth-order valence-corrected chi connectivity index (χ4v) is 1.81. The van der Waals surface area contributed by atoms with Crippen molar-refractivity contribution in [3.8, 4) is 5.75 Å². The molecule has 18 heavy (non-hydrogen) atoms. The topological polar surface area (TPSA) is 121 Å². The standard InChI is InChI=1S/C11H13N3O4/c12-6-3-8(4-6)18-10-2-1-7(14(16)17)5-9(10)11(13)15/h1-2,5-6,8H,3-4,12H2,(H2,13,15). The van der Waals surface area contributed by atoms with Crippen LogP contribution in [0.15, 0.2) is 18.2 Å². The second-order valence-corrected chi connectivity index (χ2v) is 4.27. The van der Waals surface area contributed by atoms with Crippen molar-refractivity contribution in [2.24, 2.45) is 11.5 Å².